The minimum absolute atomic E-state index is 0.0206. The lowest BCUT2D eigenvalue weighted by Gasteiger charge is -2.36. The van der Waals surface area contributed by atoms with E-state index in [0.29, 0.717) is 4.47 Å². The lowest BCUT2D eigenvalue weighted by molar-refractivity contribution is -0.384. The molecule has 0 aliphatic carbocycles. The zero-order chi connectivity index (χ0) is 14.7. The van der Waals surface area contributed by atoms with Gasteiger partial charge in [0.2, 0.25) is 0 Å². The summed E-state index contributed by atoms with van der Waals surface area (Å²) in [5, 5.41) is 10.8. The number of halogens is 1. The molecule has 0 amide bonds. The fourth-order valence-corrected chi connectivity index (χ4v) is 3.04. The number of nitro benzene ring substituents is 1. The lowest BCUT2D eigenvalue weighted by atomic mass is 10.0. The molecule has 1 unspecified atom stereocenters. The fourth-order valence-electron chi connectivity index (χ4n) is 2.44. The van der Waals surface area contributed by atoms with E-state index in [2.05, 4.69) is 15.9 Å². The van der Waals surface area contributed by atoms with Gasteiger partial charge in [-0.1, -0.05) is 0 Å². The van der Waals surface area contributed by atoms with Crippen LogP contribution in [-0.2, 0) is 9.53 Å². The maximum absolute atomic E-state index is 11.8. The van der Waals surface area contributed by atoms with E-state index < -0.39 is 4.92 Å². The molecule has 1 heterocycles. The summed E-state index contributed by atoms with van der Waals surface area (Å²) in [7, 11) is 1.37. The molecule has 1 atom stereocenters. The maximum atomic E-state index is 11.8. The molecule has 20 heavy (non-hydrogen) atoms. The highest BCUT2D eigenvalue weighted by Gasteiger charge is 2.31. The number of rotatable bonds is 3. The average molecular weight is 343 g/mol. The summed E-state index contributed by atoms with van der Waals surface area (Å²) in [6, 6.07) is 4.25. The van der Waals surface area contributed by atoms with Crippen molar-refractivity contribution in [2.75, 3.05) is 18.6 Å². The van der Waals surface area contributed by atoms with Gasteiger partial charge in [-0.05, 0) is 41.3 Å². The molecular formula is C13H15BrN2O4. The second-order valence-electron chi connectivity index (χ2n) is 4.62. The van der Waals surface area contributed by atoms with Crippen LogP contribution in [0.4, 0.5) is 11.4 Å². The first kappa shape index (κ1) is 14.8. The first-order valence-corrected chi connectivity index (χ1v) is 7.12. The van der Waals surface area contributed by atoms with Crippen LogP contribution in [0.1, 0.15) is 19.3 Å². The van der Waals surface area contributed by atoms with Gasteiger partial charge in [0.15, 0.2) is 0 Å². The molecule has 2 rings (SSSR count). The summed E-state index contributed by atoms with van der Waals surface area (Å²) in [5.74, 6) is -0.269. The van der Waals surface area contributed by atoms with Crippen molar-refractivity contribution >= 4 is 33.3 Å². The molecule has 1 aliphatic rings. The van der Waals surface area contributed by atoms with Gasteiger partial charge in [-0.25, -0.2) is 4.79 Å². The number of piperidine rings is 1. The molecule has 108 valence electrons. The first-order valence-electron chi connectivity index (χ1n) is 6.33. The van der Waals surface area contributed by atoms with E-state index in [1.807, 2.05) is 4.90 Å². The quantitative estimate of drug-likeness (QED) is 0.479. The summed E-state index contributed by atoms with van der Waals surface area (Å²) in [5.41, 5.74) is 0.804. The Morgan fingerprint density at radius 3 is 2.85 bits per heavy atom. The second kappa shape index (κ2) is 6.21. The van der Waals surface area contributed by atoms with E-state index in [0.717, 1.165) is 31.5 Å². The molecule has 1 saturated heterocycles. The highest BCUT2D eigenvalue weighted by Crippen LogP contribution is 2.34. The predicted octanol–water partition coefficient (Wildman–Crippen LogP) is 2.89. The van der Waals surface area contributed by atoms with Gasteiger partial charge < -0.3 is 9.64 Å². The van der Waals surface area contributed by atoms with E-state index in [1.165, 1.54) is 19.2 Å². The molecule has 0 spiro atoms. The van der Waals surface area contributed by atoms with Crippen LogP contribution in [0.25, 0.3) is 0 Å². The number of carbonyl (C=O) groups is 1. The lowest BCUT2D eigenvalue weighted by Crippen LogP contribution is -2.45. The molecule has 1 aromatic carbocycles. The minimum Gasteiger partial charge on any atom is -0.467 e. The molecule has 6 nitrogen and oxygen atoms in total. The van der Waals surface area contributed by atoms with Crippen molar-refractivity contribution in [3.63, 3.8) is 0 Å². The number of carbonyl (C=O) groups excluding carboxylic acids is 1. The van der Waals surface area contributed by atoms with Gasteiger partial charge in [0.1, 0.15) is 6.04 Å². The Labute approximate surface area is 125 Å². The van der Waals surface area contributed by atoms with Gasteiger partial charge in [-0.15, -0.1) is 0 Å². The number of methoxy groups -OCH3 is 1. The molecule has 0 N–H and O–H groups in total. The third-order valence-electron chi connectivity index (χ3n) is 3.43. The van der Waals surface area contributed by atoms with Crippen molar-refractivity contribution in [3.05, 3.63) is 32.8 Å². The number of non-ortho nitro benzene ring substituents is 1. The van der Waals surface area contributed by atoms with Gasteiger partial charge in [-0.2, -0.15) is 0 Å². The Bertz CT molecular complexity index is 535. The molecule has 0 bridgehead atoms. The molecule has 7 heteroatoms. The zero-order valence-electron chi connectivity index (χ0n) is 11.0. The van der Waals surface area contributed by atoms with Crippen molar-refractivity contribution in [1.29, 1.82) is 0 Å². The average Bonchev–Trinajstić information content (AvgIpc) is 2.46. The van der Waals surface area contributed by atoms with E-state index in [4.69, 9.17) is 4.74 Å². The van der Waals surface area contributed by atoms with Crippen molar-refractivity contribution < 1.29 is 14.5 Å². The second-order valence-corrected chi connectivity index (χ2v) is 5.48. The van der Waals surface area contributed by atoms with Gasteiger partial charge in [0, 0.05) is 23.2 Å². The Morgan fingerprint density at radius 1 is 1.50 bits per heavy atom. The topological polar surface area (TPSA) is 72.7 Å². The standard InChI is InChI=1S/C13H15BrN2O4/c1-20-13(17)12-4-2-3-7-15(12)11-6-5-9(16(18)19)8-10(11)14/h5-6,8,12H,2-4,7H2,1H3. The third kappa shape index (κ3) is 2.92. The molecule has 1 fully saturated rings. The highest BCUT2D eigenvalue weighted by atomic mass is 79.9. The summed E-state index contributed by atoms with van der Waals surface area (Å²) in [6.45, 7) is 0.732. The van der Waals surface area contributed by atoms with Crippen LogP contribution >= 0.6 is 15.9 Å². The normalized spacial score (nSPS) is 18.7. The summed E-state index contributed by atoms with van der Waals surface area (Å²) >= 11 is 3.35. The van der Waals surface area contributed by atoms with Crippen LogP contribution in [0.2, 0.25) is 0 Å². The van der Waals surface area contributed by atoms with Crippen LogP contribution in [0.15, 0.2) is 22.7 Å². The number of benzene rings is 1. The third-order valence-corrected chi connectivity index (χ3v) is 4.06. The Hall–Kier alpha value is -1.63. The number of esters is 1. The van der Waals surface area contributed by atoms with Gasteiger partial charge in [0.05, 0.1) is 17.7 Å². The van der Waals surface area contributed by atoms with Crippen LogP contribution < -0.4 is 4.90 Å². The molecule has 1 aromatic rings. The number of hydrogen-bond donors (Lipinski definition) is 0. The summed E-state index contributed by atoms with van der Waals surface area (Å²) < 4.78 is 5.45. The van der Waals surface area contributed by atoms with Crippen molar-refractivity contribution in [2.45, 2.75) is 25.3 Å². The number of nitrogens with zero attached hydrogens (tertiary/aromatic N) is 2. The Kier molecular flexibility index (Phi) is 4.59. The first-order chi connectivity index (χ1) is 9.54. The van der Waals surface area contributed by atoms with Gasteiger partial charge >= 0.3 is 5.97 Å². The van der Waals surface area contributed by atoms with E-state index in [-0.39, 0.29) is 17.7 Å². The maximum Gasteiger partial charge on any atom is 0.328 e. The van der Waals surface area contributed by atoms with Gasteiger partial charge in [0.25, 0.3) is 5.69 Å². The van der Waals surface area contributed by atoms with Gasteiger partial charge in [-0.3, -0.25) is 10.1 Å². The highest BCUT2D eigenvalue weighted by molar-refractivity contribution is 9.10. The van der Waals surface area contributed by atoms with E-state index >= 15 is 0 Å². The fraction of sp³-hybridized carbons (Fsp3) is 0.462. The molecular weight excluding hydrogens is 328 g/mol. The SMILES string of the molecule is COC(=O)C1CCCCN1c1ccc([N+](=O)[O-])cc1Br. The zero-order valence-corrected chi connectivity index (χ0v) is 12.6. The molecule has 0 saturated carbocycles. The van der Waals surface area contributed by atoms with Crippen LogP contribution in [0.3, 0.4) is 0 Å². The van der Waals surface area contributed by atoms with Crippen molar-refractivity contribution in [3.8, 4) is 0 Å². The van der Waals surface area contributed by atoms with Crippen molar-refractivity contribution in [1.82, 2.24) is 0 Å². The smallest absolute Gasteiger partial charge is 0.328 e. The number of ether oxygens (including phenoxy) is 1. The van der Waals surface area contributed by atoms with E-state index in [1.54, 1.807) is 6.07 Å². The number of anilines is 1. The Morgan fingerprint density at radius 2 is 2.25 bits per heavy atom. The number of hydrogen-bond acceptors (Lipinski definition) is 5. The summed E-state index contributed by atoms with van der Waals surface area (Å²) in [4.78, 5) is 24.1. The van der Waals surface area contributed by atoms with E-state index in [9.17, 15) is 14.9 Å². The summed E-state index contributed by atoms with van der Waals surface area (Å²) in [6.07, 6.45) is 2.69. The molecule has 0 radical (unpaired) electrons. The number of nitro groups is 1. The largest absolute Gasteiger partial charge is 0.467 e. The molecule has 1 aliphatic heterocycles. The van der Waals surface area contributed by atoms with Crippen LogP contribution in [-0.4, -0.2) is 30.6 Å². The van der Waals surface area contributed by atoms with Crippen LogP contribution in [0.5, 0.6) is 0 Å². The predicted molar refractivity (Wildman–Crippen MR) is 77.8 cm³/mol. The van der Waals surface area contributed by atoms with Crippen LogP contribution in [0, 0.1) is 10.1 Å². The minimum atomic E-state index is -0.442. The Balaban J connectivity index is 2.32. The van der Waals surface area contributed by atoms with Crippen molar-refractivity contribution in [2.24, 2.45) is 0 Å². The molecule has 0 aromatic heterocycles. The monoisotopic (exact) mass is 342 g/mol.